The van der Waals surface area contributed by atoms with E-state index in [4.69, 9.17) is 0 Å². The van der Waals surface area contributed by atoms with E-state index in [9.17, 15) is 4.79 Å². The second-order valence-corrected chi connectivity index (χ2v) is 7.64. The molecule has 0 bridgehead atoms. The van der Waals surface area contributed by atoms with Crippen molar-refractivity contribution < 1.29 is 4.79 Å². The summed E-state index contributed by atoms with van der Waals surface area (Å²) in [6.07, 6.45) is 3.88. The highest BCUT2D eigenvalue weighted by atomic mass is 16.2. The lowest BCUT2D eigenvalue weighted by Crippen LogP contribution is -2.40. The quantitative estimate of drug-likeness (QED) is 0.895. The second-order valence-electron chi connectivity index (χ2n) is 7.64. The van der Waals surface area contributed by atoms with E-state index in [-0.39, 0.29) is 11.8 Å². The van der Waals surface area contributed by atoms with Crippen LogP contribution in [0.1, 0.15) is 54.2 Å². The SMILES string of the molecule is CNCC1CCN(C(=O)c2cnn(-c3ccc(C)cc3)c2C(C)C)CC1. The molecular formula is C21H30N4O. The molecule has 1 aromatic heterocycles. The van der Waals surface area contributed by atoms with Gasteiger partial charge in [0.25, 0.3) is 5.91 Å². The summed E-state index contributed by atoms with van der Waals surface area (Å²) in [5, 5.41) is 7.80. The number of piperidine rings is 1. The van der Waals surface area contributed by atoms with E-state index in [1.807, 2.05) is 16.6 Å². The third kappa shape index (κ3) is 3.83. The number of benzene rings is 1. The molecule has 1 fully saturated rings. The molecule has 1 aliphatic heterocycles. The summed E-state index contributed by atoms with van der Waals surface area (Å²) in [6, 6.07) is 8.28. The lowest BCUT2D eigenvalue weighted by molar-refractivity contribution is 0.0689. The molecule has 0 radical (unpaired) electrons. The zero-order valence-corrected chi connectivity index (χ0v) is 16.3. The van der Waals surface area contributed by atoms with E-state index in [1.165, 1.54) is 5.56 Å². The smallest absolute Gasteiger partial charge is 0.257 e. The van der Waals surface area contributed by atoms with Crippen LogP contribution in [-0.4, -0.2) is 47.3 Å². The fourth-order valence-electron chi connectivity index (χ4n) is 3.77. The molecule has 26 heavy (non-hydrogen) atoms. The molecule has 1 aromatic carbocycles. The summed E-state index contributed by atoms with van der Waals surface area (Å²) in [6.45, 7) is 9.01. The minimum atomic E-state index is 0.120. The molecule has 140 valence electrons. The fraction of sp³-hybridized carbons (Fsp3) is 0.524. The van der Waals surface area contributed by atoms with Crippen LogP contribution in [0, 0.1) is 12.8 Å². The normalized spacial score (nSPS) is 15.7. The number of likely N-dealkylation sites (tertiary alicyclic amines) is 1. The predicted molar refractivity (Wildman–Crippen MR) is 105 cm³/mol. The van der Waals surface area contributed by atoms with Gasteiger partial charge in [0.15, 0.2) is 0 Å². The van der Waals surface area contributed by atoms with Crippen molar-refractivity contribution in [3.05, 3.63) is 47.3 Å². The number of aryl methyl sites for hydroxylation is 1. The van der Waals surface area contributed by atoms with Gasteiger partial charge >= 0.3 is 0 Å². The Morgan fingerprint density at radius 1 is 1.23 bits per heavy atom. The number of carbonyl (C=O) groups excluding carboxylic acids is 1. The molecule has 1 saturated heterocycles. The summed E-state index contributed by atoms with van der Waals surface area (Å²) in [4.78, 5) is 15.1. The van der Waals surface area contributed by atoms with Gasteiger partial charge in [-0.05, 0) is 57.3 Å². The largest absolute Gasteiger partial charge is 0.339 e. The molecule has 0 saturated carbocycles. The maximum Gasteiger partial charge on any atom is 0.257 e. The molecule has 5 nitrogen and oxygen atoms in total. The Balaban J connectivity index is 1.84. The zero-order valence-electron chi connectivity index (χ0n) is 16.3. The van der Waals surface area contributed by atoms with Crippen LogP contribution in [0.5, 0.6) is 0 Å². The van der Waals surface area contributed by atoms with Crippen molar-refractivity contribution in [3.8, 4) is 5.69 Å². The summed E-state index contributed by atoms with van der Waals surface area (Å²) in [7, 11) is 1.99. The van der Waals surface area contributed by atoms with Crippen molar-refractivity contribution >= 4 is 5.91 Å². The highest BCUT2D eigenvalue weighted by Crippen LogP contribution is 2.26. The first kappa shape index (κ1) is 18.6. The van der Waals surface area contributed by atoms with Crippen molar-refractivity contribution in [3.63, 3.8) is 0 Å². The van der Waals surface area contributed by atoms with Gasteiger partial charge in [0.05, 0.1) is 23.1 Å². The van der Waals surface area contributed by atoms with E-state index in [1.54, 1.807) is 6.20 Å². The molecule has 1 amide bonds. The summed E-state index contributed by atoms with van der Waals surface area (Å²) in [5.41, 5.74) is 3.96. The van der Waals surface area contributed by atoms with Gasteiger partial charge in [-0.3, -0.25) is 4.79 Å². The van der Waals surface area contributed by atoms with Crippen LogP contribution in [0.2, 0.25) is 0 Å². The van der Waals surface area contributed by atoms with E-state index < -0.39 is 0 Å². The molecule has 1 aliphatic rings. The molecular weight excluding hydrogens is 324 g/mol. The Morgan fingerprint density at radius 3 is 2.46 bits per heavy atom. The van der Waals surface area contributed by atoms with Gasteiger partial charge in [-0.25, -0.2) is 4.68 Å². The van der Waals surface area contributed by atoms with Crippen LogP contribution in [-0.2, 0) is 0 Å². The summed E-state index contributed by atoms with van der Waals surface area (Å²) >= 11 is 0. The highest BCUT2D eigenvalue weighted by Gasteiger charge is 2.28. The van der Waals surface area contributed by atoms with E-state index >= 15 is 0 Å². The first-order valence-electron chi connectivity index (χ1n) is 9.60. The average molecular weight is 354 g/mol. The first-order chi connectivity index (χ1) is 12.5. The van der Waals surface area contributed by atoms with Crippen LogP contribution in [0.3, 0.4) is 0 Å². The van der Waals surface area contributed by atoms with Crippen molar-refractivity contribution in [2.45, 2.75) is 39.5 Å². The van der Waals surface area contributed by atoms with Gasteiger partial charge in [-0.15, -0.1) is 0 Å². The number of rotatable bonds is 5. The topological polar surface area (TPSA) is 50.2 Å². The molecule has 0 atom stereocenters. The minimum Gasteiger partial charge on any atom is -0.339 e. The first-order valence-corrected chi connectivity index (χ1v) is 9.60. The number of nitrogens with zero attached hydrogens (tertiary/aromatic N) is 3. The van der Waals surface area contributed by atoms with Crippen LogP contribution in [0.4, 0.5) is 0 Å². The van der Waals surface area contributed by atoms with Gasteiger partial charge in [-0.2, -0.15) is 5.10 Å². The molecule has 1 N–H and O–H groups in total. The minimum absolute atomic E-state index is 0.120. The van der Waals surface area contributed by atoms with Gasteiger partial charge in [0.2, 0.25) is 0 Å². The van der Waals surface area contributed by atoms with Gasteiger partial charge in [-0.1, -0.05) is 31.5 Å². The number of nitrogens with one attached hydrogen (secondary N) is 1. The molecule has 0 spiro atoms. The average Bonchev–Trinajstić information content (AvgIpc) is 3.08. The van der Waals surface area contributed by atoms with Gasteiger partial charge < -0.3 is 10.2 Å². The number of carbonyl (C=O) groups is 1. The van der Waals surface area contributed by atoms with Gasteiger partial charge in [0, 0.05) is 13.1 Å². The number of aromatic nitrogens is 2. The van der Waals surface area contributed by atoms with Crippen molar-refractivity contribution in [2.24, 2.45) is 5.92 Å². The second kappa shape index (κ2) is 8.04. The Bertz CT molecular complexity index is 740. The zero-order chi connectivity index (χ0) is 18.7. The lowest BCUT2D eigenvalue weighted by atomic mass is 9.96. The predicted octanol–water partition coefficient (Wildman–Crippen LogP) is 3.38. The van der Waals surface area contributed by atoms with Crippen LogP contribution >= 0.6 is 0 Å². The molecule has 0 aliphatic carbocycles. The number of hydrogen-bond donors (Lipinski definition) is 1. The van der Waals surface area contributed by atoms with Gasteiger partial charge in [0.1, 0.15) is 0 Å². The van der Waals surface area contributed by atoms with Crippen LogP contribution in [0.25, 0.3) is 5.69 Å². The van der Waals surface area contributed by atoms with E-state index in [2.05, 4.69) is 55.5 Å². The maximum absolute atomic E-state index is 13.1. The van der Waals surface area contributed by atoms with Crippen molar-refractivity contribution in [1.29, 1.82) is 0 Å². The number of amides is 1. The van der Waals surface area contributed by atoms with Crippen LogP contribution in [0.15, 0.2) is 30.5 Å². The summed E-state index contributed by atoms with van der Waals surface area (Å²) < 4.78 is 1.92. The van der Waals surface area contributed by atoms with E-state index in [0.717, 1.165) is 49.4 Å². The van der Waals surface area contributed by atoms with Crippen molar-refractivity contribution in [1.82, 2.24) is 20.0 Å². The van der Waals surface area contributed by atoms with Crippen molar-refractivity contribution in [2.75, 3.05) is 26.7 Å². The molecule has 2 aromatic rings. The molecule has 2 heterocycles. The Hall–Kier alpha value is -2.14. The fourth-order valence-corrected chi connectivity index (χ4v) is 3.77. The monoisotopic (exact) mass is 354 g/mol. The standard InChI is InChI=1S/C21H30N4O/c1-15(2)20-19(14-23-25(20)18-7-5-16(3)6-8-18)21(26)24-11-9-17(10-12-24)13-22-4/h5-8,14-15,17,22H,9-13H2,1-4H3. The van der Waals surface area contributed by atoms with Crippen LogP contribution < -0.4 is 5.32 Å². The third-order valence-corrected chi connectivity index (χ3v) is 5.26. The number of hydrogen-bond acceptors (Lipinski definition) is 3. The highest BCUT2D eigenvalue weighted by molar-refractivity contribution is 5.95. The third-order valence-electron chi connectivity index (χ3n) is 5.26. The Labute approximate surface area is 156 Å². The lowest BCUT2D eigenvalue weighted by Gasteiger charge is -2.32. The summed E-state index contributed by atoms with van der Waals surface area (Å²) in [5.74, 6) is 1.01. The molecule has 0 unspecified atom stereocenters. The Kier molecular flexibility index (Phi) is 5.77. The Morgan fingerprint density at radius 2 is 1.88 bits per heavy atom. The maximum atomic E-state index is 13.1. The van der Waals surface area contributed by atoms with E-state index in [0.29, 0.717) is 5.92 Å². The molecule has 5 heteroatoms. The molecule has 3 rings (SSSR count).